The minimum Gasteiger partial charge on any atom is -0.506 e. The van der Waals surface area contributed by atoms with Crippen LogP contribution in [0, 0.1) is 17.0 Å². The van der Waals surface area contributed by atoms with E-state index in [9.17, 15) is 15.2 Å². The van der Waals surface area contributed by atoms with Crippen molar-refractivity contribution in [2.24, 2.45) is 0 Å². The molecule has 2 aromatic rings. The van der Waals surface area contributed by atoms with Crippen LogP contribution in [-0.4, -0.2) is 10.0 Å². The molecule has 0 spiro atoms. The van der Waals surface area contributed by atoms with Gasteiger partial charge in [0.1, 0.15) is 5.75 Å². The predicted molar refractivity (Wildman–Crippen MR) is 54.9 cm³/mol. The number of phenolic OH excluding ortho intramolecular Hbond substituents is 1. The van der Waals surface area contributed by atoms with E-state index in [1.54, 1.807) is 6.07 Å². The Balaban J connectivity index is 2.87. The number of nitrogens with zero attached hydrogens (tertiary/aromatic N) is 1. The Morgan fingerprint density at radius 3 is 2.86 bits per heavy atom. The second-order valence-electron chi connectivity index (χ2n) is 2.96. The molecule has 0 amide bonds. The number of aromatic hydroxyl groups is 1. The van der Waals surface area contributed by atoms with Gasteiger partial charge in [-0.25, -0.2) is 0 Å². The zero-order chi connectivity index (χ0) is 10.3. The minimum absolute atomic E-state index is 0.0437. The third-order valence-electron chi connectivity index (χ3n) is 1.96. The molecule has 2 rings (SSSR count). The van der Waals surface area contributed by atoms with Gasteiger partial charge in [-0.2, -0.15) is 0 Å². The van der Waals surface area contributed by atoms with Crippen LogP contribution in [0.25, 0.3) is 10.1 Å². The number of benzene rings is 1. The van der Waals surface area contributed by atoms with E-state index in [-0.39, 0.29) is 11.4 Å². The molecular formula is C9H7NO3S. The first-order valence-electron chi connectivity index (χ1n) is 3.96. The fourth-order valence-electron chi connectivity index (χ4n) is 1.38. The van der Waals surface area contributed by atoms with Gasteiger partial charge in [0.05, 0.1) is 15.0 Å². The van der Waals surface area contributed by atoms with Crippen LogP contribution in [0.5, 0.6) is 5.75 Å². The average molecular weight is 209 g/mol. The Labute approximate surface area is 83.6 Å². The average Bonchev–Trinajstić information content (AvgIpc) is 2.47. The van der Waals surface area contributed by atoms with Gasteiger partial charge in [0.15, 0.2) is 0 Å². The summed E-state index contributed by atoms with van der Waals surface area (Å²) in [5.74, 6) is 0.101. The molecule has 1 heterocycles. The van der Waals surface area contributed by atoms with Gasteiger partial charge in [-0.05, 0) is 19.1 Å². The maximum Gasteiger partial charge on any atom is 0.278 e. The molecule has 1 aromatic heterocycles. The molecule has 0 aliphatic carbocycles. The number of nitro benzene ring substituents is 1. The largest absolute Gasteiger partial charge is 0.506 e. The number of aryl methyl sites for hydroxylation is 1. The lowest BCUT2D eigenvalue weighted by molar-refractivity contribution is -0.383. The van der Waals surface area contributed by atoms with Crippen molar-refractivity contribution in [1.82, 2.24) is 0 Å². The van der Waals surface area contributed by atoms with E-state index >= 15 is 0 Å². The third kappa shape index (κ3) is 1.22. The summed E-state index contributed by atoms with van der Waals surface area (Å²) in [6.45, 7) is 1.85. The predicted octanol–water partition coefficient (Wildman–Crippen LogP) is 2.82. The van der Waals surface area contributed by atoms with Crippen molar-refractivity contribution < 1.29 is 10.0 Å². The molecule has 1 N–H and O–H groups in total. The lowest BCUT2D eigenvalue weighted by Crippen LogP contribution is -1.87. The van der Waals surface area contributed by atoms with Crippen molar-refractivity contribution in [1.29, 1.82) is 0 Å². The smallest absolute Gasteiger partial charge is 0.278 e. The fourth-order valence-corrected chi connectivity index (χ4v) is 2.32. The van der Waals surface area contributed by atoms with Crippen LogP contribution in [0.4, 0.5) is 5.69 Å². The summed E-state index contributed by atoms with van der Waals surface area (Å²) in [5.41, 5.74) is 0.0437. The molecule has 0 aliphatic rings. The fraction of sp³-hybridized carbons (Fsp3) is 0.111. The molecule has 0 saturated heterocycles. The molecule has 0 atom stereocenters. The van der Waals surface area contributed by atoms with Crippen LogP contribution >= 0.6 is 11.3 Å². The van der Waals surface area contributed by atoms with Crippen LogP contribution in [-0.2, 0) is 0 Å². The molecule has 0 bridgehead atoms. The van der Waals surface area contributed by atoms with Crippen molar-refractivity contribution in [3.8, 4) is 5.75 Å². The topological polar surface area (TPSA) is 63.4 Å². The van der Waals surface area contributed by atoms with E-state index in [1.165, 1.54) is 23.5 Å². The zero-order valence-electron chi connectivity index (χ0n) is 7.35. The normalized spacial score (nSPS) is 10.6. The van der Waals surface area contributed by atoms with Crippen LogP contribution in [0.2, 0.25) is 0 Å². The first-order valence-corrected chi connectivity index (χ1v) is 4.78. The summed E-state index contributed by atoms with van der Waals surface area (Å²) in [5, 5.41) is 20.7. The van der Waals surface area contributed by atoms with Crippen molar-refractivity contribution >= 4 is 27.1 Å². The third-order valence-corrected chi connectivity index (χ3v) is 3.03. The maximum absolute atomic E-state index is 10.7. The molecular weight excluding hydrogens is 202 g/mol. The Kier molecular flexibility index (Phi) is 1.89. The van der Waals surface area contributed by atoms with E-state index < -0.39 is 4.92 Å². The quantitative estimate of drug-likeness (QED) is 0.580. The Morgan fingerprint density at radius 1 is 1.50 bits per heavy atom. The molecule has 0 saturated carbocycles. The highest BCUT2D eigenvalue weighted by molar-refractivity contribution is 7.19. The van der Waals surface area contributed by atoms with E-state index in [0.29, 0.717) is 10.1 Å². The summed E-state index contributed by atoms with van der Waals surface area (Å²) in [4.78, 5) is 11.2. The molecule has 14 heavy (non-hydrogen) atoms. The highest BCUT2D eigenvalue weighted by Gasteiger charge is 2.15. The van der Waals surface area contributed by atoms with Gasteiger partial charge >= 0.3 is 0 Å². The summed E-state index contributed by atoms with van der Waals surface area (Å²) >= 11 is 1.36. The summed E-state index contributed by atoms with van der Waals surface area (Å²) in [7, 11) is 0. The molecule has 4 nitrogen and oxygen atoms in total. The van der Waals surface area contributed by atoms with Crippen LogP contribution in [0.1, 0.15) is 4.88 Å². The van der Waals surface area contributed by atoms with Crippen LogP contribution in [0.15, 0.2) is 18.2 Å². The highest BCUT2D eigenvalue weighted by atomic mass is 32.1. The van der Waals surface area contributed by atoms with Crippen molar-refractivity contribution in [2.45, 2.75) is 6.92 Å². The SMILES string of the molecule is Cc1cc2c([N+](=O)[O-])ccc(O)c2s1. The number of nitro groups is 1. The Bertz CT molecular complexity index is 518. The van der Waals surface area contributed by atoms with Crippen molar-refractivity contribution in [2.75, 3.05) is 0 Å². The standard InChI is InChI=1S/C9H7NO3S/c1-5-4-6-7(10(12)13)2-3-8(11)9(6)14-5/h2-4,11H,1H3. The summed E-state index contributed by atoms with van der Waals surface area (Å²) < 4.78 is 0.580. The van der Waals surface area contributed by atoms with Gasteiger partial charge in [0, 0.05) is 10.9 Å². The molecule has 1 aromatic carbocycles. The van der Waals surface area contributed by atoms with Gasteiger partial charge in [-0.3, -0.25) is 10.1 Å². The Hall–Kier alpha value is -1.62. The number of hydrogen-bond acceptors (Lipinski definition) is 4. The molecule has 0 unspecified atom stereocenters. The molecule has 0 radical (unpaired) electrons. The second-order valence-corrected chi connectivity index (χ2v) is 4.22. The summed E-state index contributed by atoms with van der Waals surface area (Å²) in [6, 6.07) is 4.40. The van der Waals surface area contributed by atoms with Crippen LogP contribution in [0.3, 0.4) is 0 Å². The highest BCUT2D eigenvalue weighted by Crippen LogP contribution is 2.37. The summed E-state index contributed by atoms with van der Waals surface area (Å²) in [6.07, 6.45) is 0. The lowest BCUT2D eigenvalue weighted by atomic mass is 10.2. The van der Waals surface area contributed by atoms with E-state index in [1.807, 2.05) is 6.92 Å². The van der Waals surface area contributed by atoms with E-state index in [2.05, 4.69) is 0 Å². The number of rotatable bonds is 1. The second kappa shape index (κ2) is 2.95. The lowest BCUT2D eigenvalue weighted by Gasteiger charge is -1.95. The minimum atomic E-state index is -0.437. The number of fused-ring (bicyclic) bond motifs is 1. The maximum atomic E-state index is 10.7. The van der Waals surface area contributed by atoms with Gasteiger partial charge in [-0.15, -0.1) is 11.3 Å². The first-order chi connectivity index (χ1) is 6.59. The number of hydrogen-bond donors (Lipinski definition) is 1. The molecule has 0 aliphatic heterocycles. The van der Waals surface area contributed by atoms with Gasteiger partial charge in [-0.1, -0.05) is 0 Å². The van der Waals surface area contributed by atoms with E-state index in [4.69, 9.17) is 0 Å². The van der Waals surface area contributed by atoms with Crippen molar-refractivity contribution in [3.05, 3.63) is 33.2 Å². The zero-order valence-corrected chi connectivity index (χ0v) is 8.17. The van der Waals surface area contributed by atoms with Crippen LogP contribution < -0.4 is 0 Å². The number of thiophene rings is 1. The molecule has 72 valence electrons. The first kappa shape index (κ1) is 8.96. The van der Waals surface area contributed by atoms with Gasteiger partial charge in [0.2, 0.25) is 0 Å². The number of phenols is 1. The van der Waals surface area contributed by atoms with Crippen molar-refractivity contribution in [3.63, 3.8) is 0 Å². The molecule has 0 fully saturated rings. The number of non-ortho nitro benzene ring substituents is 1. The van der Waals surface area contributed by atoms with Gasteiger partial charge < -0.3 is 5.11 Å². The monoisotopic (exact) mass is 209 g/mol. The molecule has 5 heteroatoms. The van der Waals surface area contributed by atoms with Gasteiger partial charge in [0.25, 0.3) is 5.69 Å². The van der Waals surface area contributed by atoms with E-state index in [0.717, 1.165) is 4.88 Å². The Morgan fingerprint density at radius 2 is 2.21 bits per heavy atom.